The molecule has 1 saturated heterocycles. The molecule has 0 amide bonds. The van der Waals surface area contributed by atoms with Crippen molar-refractivity contribution in [1.29, 1.82) is 0 Å². The maximum Gasteiger partial charge on any atom is 0.144 e. The number of morpholine rings is 1. The van der Waals surface area contributed by atoms with Gasteiger partial charge in [0.15, 0.2) is 0 Å². The molecule has 2 aromatic carbocycles. The number of fused-ring (bicyclic) bond motifs is 1. The van der Waals surface area contributed by atoms with Gasteiger partial charge in [0.05, 0.1) is 30.7 Å². The Morgan fingerprint density at radius 2 is 1.71 bits per heavy atom. The Hall–Kier alpha value is -2.34. The van der Waals surface area contributed by atoms with Crippen molar-refractivity contribution < 1.29 is 9.47 Å². The van der Waals surface area contributed by atoms with E-state index in [-0.39, 0.29) is 12.2 Å². The van der Waals surface area contributed by atoms with Crippen LogP contribution in [-0.4, -0.2) is 53.1 Å². The molecule has 6 heteroatoms. The zero-order valence-electron chi connectivity index (χ0n) is 18.2. The van der Waals surface area contributed by atoms with Gasteiger partial charge in [0.2, 0.25) is 0 Å². The lowest BCUT2D eigenvalue weighted by atomic mass is 10.0. The van der Waals surface area contributed by atoms with E-state index in [2.05, 4.69) is 36.9 Å². The molecule has 1 aliphatic heterocycles. The average Bonchev–Trinajstić information content (AvgIpc) is 3.32. The van der Waals surface area contributed by atoms with Crippen LogP contribution in [0.25, 0.3) is 16.9 Å². The summed E-state index contributed by atoms with van der Waals surface area (Å²) in [5.74, 6) is 0.811. The molecule has 0 saturated carbocycles. The van der Waals surface area contributed by atoms with Gasteiger partial charge in [-0.2, -0.15) is 5.10 Å². The van der Waals surface area contributed by atoms with Crippen LogP contribution in [0.15, 0.2) is 48.5 Å². The highest BCUT2D eigenvalue weighted by atomic mass is 35.5. The smallest absolute Gasteiger partial charge is 0.144 e. The highest BCUT2D eigenvalue weighted by Gasteiger charge is 2.36. The Labute approximate surface area is 188 Å². The second-order valence-corrected chi connectivity index (χ2v) is 9.07. The SMILES string of the molecule is COc1ccccc1-n1nc2c(c1-c1ccc(Cl)cc1)CC(N1CC(C)OC(C)C1)C2. The number of hydrogen-bond acceptors (Lipinski definition) is 4. The van der Waals surface area contributed by atoms with Crippen molar-refractivity contribution in [1.82, 2.24) is 14.7 Å². The number of halogens is 1. The maximum absolute atomic E-state index is 6.19. The number of aromatic nitrogens is 2. The summed E-state index contributed by atoms with van der Waals surface area (Å²) in [6, 6.07) is 16.6. The highest BCUT2D eigenvalue weighted by Crippen LogP contribution is 2.38. The summed E-state index contributed by atoms with van der Waals surface area (Å²) >= 11 is 6.19. The van der Waals surface area contributed by atoms with Gasteiger partial charge < -0.3 is 9.47 Å². The molecule has 5 nitrogen and oxygen atoms in total. The van der Waals surface area contributed by atoms with E-state index in [1.807, 2.05) is 35.0 Å². The van der Waals surface area contributed by atoms with E-state index in [0.717, 1.165) is 53.6 Å². The molecular weight excluding hydrogens is 410 g/mol. The molecule has 1 fully saturated rings. The fourth-order valence-corrected chi connectivity index (χ4v) is 5.19. The molecule has 0 radical (unpaired) electrons. The first kappa shape index (κ1) is 20.6. The molecule has 5 rings (SSSR count). The van der Waals surface area contributed by atoms with Crippen molar-refractivity contribution in [2.45, 2.75) is 44.9 Å². The van der Waals surface area contributed by atoms with E-state index in [0.29, 0.717) is 6.04 Å². The van der Waals surface area contributed by atoms with Crippen molar-refractivity contribution in [2.75, 3.05) is 20.2 Å². The lowest BCUT2D eigenvalue weighted by Gasteiger charge is -2.39. The minimum absolute atomic E-state index is 0.265. The molecule has 0 spiro atoms. The number of para-hydroxylation sites is 2. The van der Waals surface area contributed by atoms with Gasteiger partial charge in [-0.25, -0.2) is 4.68 Å². The van der Waals surface area contributed by atoms with Crippen molar-refractivity contribution in [3.63, 3.8) is 0 Å². The van der Waals surface area contributed by atoms with Crippen molar-refractivity contribution in [3.05, 3.63) is 64.8 Å². The third-order valence-electron chi connectivity index (χ3n) is 6.33. The summed E-state index contributed by atoms with van der Waals surface area (Å²) in [6.45, 7) is 6.28. The Morgan fingerprint density at radius 1 is 1.00 bits per heavy atom. The zero-order chi connectivity index (χ0) is 21.5. The molecule has 2 aliphatic rings. The highest BCUT2D eigenvalue weighted by molar-refractivity contribution is 6.30. The van der Waals surface area contributed by atoms with E-state index in [1.165, 1.54) is 11.3 Å². The predicted molar refractivity (Wildman–Crippen MR) is 123 cm³/mol. The number of rotatable bonds is 4. The van der Waals surface area contributed by atoms with Gasteiger partial charge in [-0.1, -0.05) is 35.9 Å². The zero-order valence-corrected chi connectivity index (χ0v) is 19.0. The Kier molecular flexibility index (Phi) is 5.51. The first-order valence-electron chi connectivity index (χ1n) is 10.9. The van der Waals surface area contributed by atoms with Crippen LogP contribution in [0.4, 0.5) is 0 Å². The molecule has 1 aliphatic carbocycles. The van der Waals surface area contributed by atoms with Crippen LogP contribution in [0.3, 0.4) is 0 Å². The van der Waals surface area contributed by atoms with Gasteiger partial charge in [-0.05, 0) is 44.5 Å². The predicted octanol–water partition coefficient (Wildman–Crippen LogP) is 4.78. The van der Waals surface area contributed by atoms with E-state index < -0.39 is 0 Å². The fourth-order valence-electron chi connectivity index (χ4n) is 5.06. The normalized spacial score (nSPS) is 23.7. The van der Waals surface area contributed by atoms with Gasteiger partial charge in [0.1, 0.15) is 11.4 Å². The Morgan fingerprint density at radius 3 is 2.42 bits per heavy atom. The van der Waals surface area contributed by atoms with Gasteiger partial charge in [-0.3, -0.25) is 4.90 Å². The Bertz CT molecular complexity index is 1070. The molecule has 3 aromatic rings. The monoisotopic (exact) mass is 437 g/mol. The topological polar surface area (TPSA) is 39.5 Å². The van der Waals surface area contributed by atoms with Crippen molar-refractivity contribution in [3.8, 4) is 22.7 Å². The van der Waals surface area contributed by atoms with Gasteiger partial charge >= 0.3 is 0 Å². The summed E-state index contributed by atoms with van der Waals surface area (Å²) in [7, 11) is 1.70. The Balaban J connectivity index is 1.57. The van der Waals surface area contributed by atoms with Crippen LogP contribution < -0.4 is 4.74 Å². The van der Waals surface area contributed by atoms with Gasteiger partial charge in [-0.15, -0.1) is 0 Å². The third-order valence-corrected chi connectivity index (χ3v) is 6.58. The summed E-state index contributed by atoms with van der Waals surface area (Å²) in [4.78, 5) is 2.58. The fraction of sp³-hybridized carbons (Fsp3) is 0.400. The number of methoxy groups -OCH3 is 1. The van der Waals surface area contributed by atoms with Crippen LogP contribution in [0.5, 0.6) is 5.75 Å². The molecule has 0 N–H and O–H groups in total. The molecule has 31 heavy (non-hydrogen) atoms. The summed E-state index contributed by atoms with van der Waals surface area (Å²) in [5, 5.41) is 5.83. The molecule has 3 atom stereocenters. The minimum atomic E-state index is 0.265. The van der Waals surface area contributed by atoms with Gasteiger partial charge in [0, 0.05) is 41.7 Å². The molecule has 0 bridgehead atoms. The third kappa shape index (κ3) is 3.86. The summed E-state index contributed by atoms with van der Waals surface area (Å²) < 4.78 is 13.6. The standard InChI is InChI=1S/C25H28ClN3O2/c1-16-14-28(15-17(2)31-16)20-12-21-22(13-20)27-29(23-6-4-5-7-24(23)30-3)25(21)18-8-10-19(26)11-9-18/h4-11,16-17,20H,12-15H2,1-3H3. The van der Waals surface area contributed by atoms with Crippen LogP contribution in [0.1, 0.15) is 25.1 Å². The van der Waals surface area contributed by atoms with Crippen molar-refractivity contribution >= 4 is 11.6 Å². The largest absolute Gasteiger partial charge is 0.494 e. The van der Waals surface area contributed by atoms with Crippen LogP contribution in [0, 0.1) is 0 Å². The second kappa shape index (κ2) is 8.30. The van der Waals surface area contributed by atoms with E-state index in [1.54, 1.807) is 7.11 Å². The molecule has 3 unspecified atom stereocenters. The lowest BCUT2D eigenvalue weighted by Crippen LogP contribution is -2.50. The van der Waals surface area contributed by atoms with E-state index in [9.17, 15) is 0 Å². The second-order valence-electron chi connectivity index (χ2n) is 8.64. The molecular formula is C25H28ClN3O2. The quantitative estimate of drug-likeness (QED) is 0.589. The van der Waals surface area contributed by atoms with Crippen LogP contribution in [0.2, 0.25) is 5.02 Å². The van der Waals surface area contributed by atoms with Gasteiger partial charge in [0.25, 0.3) is 0 Å². The van der Waals surface area contributed by atoms with Crippen molar-refractivity contribution in [2.24, 2.45) is 0 Å². The number of ether oxygens (including phenoxy) is 2. The lowest BCUT2D eigenvalue weighted by molar-refractivity contribution is -0.0793. The average molecular weight is 438 g/mol. The number of benzene rings is 2. The maximum atomic E-state index is 6.19. The first-order chi connectivity index (χ1) is 15.0. The van der Waals surface area contributed by atoms with Crippen LogP contribution >= 0.6 is 11.6 Å². The van der Waals surface area contributed by atoms with E-state index >= 15 is 0 Å². The summed E-state index contributed by atoms with van der Waals surface area (Å²) in [5.41, 5.74) is 5.70. The first-order valence-corrected chi connectivity index (χ1v) is 11.3. The number of nitrogens with zero attached hydrogens (tertiary/aromatic N) is 3. The number of hydrogen-bond donors (Lipinski definition) is 0. The molecule has 162 valence electrons. The van der Waals surface area contributed by atoms with E-state index in [4.69, 9.17) is 26.2 Å². The molecule has 1 aromatic heterocycles. The minimum Gasteiger partial charge on any atom is -0.494 e. The van der Waals surface area contributed by atoms with Crippen LogP contribution in [-0.2, 0) is 17.6 Å². The summed E-state index contributed by atoms with van der Waals surface area (Å²) in [6.07, 6.45) is 2.47. The molecule has 2 heterocycles.